The van der Waals surface area contributed by atoms with E-state index >= 15 is 0 Å². The minimum Gasteiger partial charge on any atom is -0.300 e. The van der Waals surface area contributed by atoms with Gasteiger partial charge in [0.15, 0.2) is 0 Å². The fourth-order valence-corrected chi connectivity index (χ4v) is 10.4. The van der Waals surface area contributed by atoms with Crippen LogP contribution >= 0.6 is 0 Å². The molecule has 0 spiro atoms. The van der Waals surface area contributed by atoms with Crippen LogP contribution in [-0.2, 0) is 0 Å². The van der Waals surface area contributed by atoms with Crippen molar-refractivity contribution >= 4 is 0 Å². The average molecular weight is 729 g/mol. The molecule has 0 amide bonds. The number of nitrogens with zero attached hydrogens (tertiary/aromatic N) is 16. The van der Waals surface area contributed by atoms with Gasteiger partial charge in [-0.25, -0.2) is 0 Å². The van der Waals surface area contributed by atoms with E-state index in [1.165, 1.54) is 78.5 Å². The molecule has 16 bridgehead atoms. The van der Waals surface area contributed by atoms with Crippen LogP contribution in [0, 0.1) is 0 Å². The van der Waals surface area contributed by atoms with Gasteiger partial charge in [-0.05, 0) is 0 Å². The van der Waals surface area contributed by atoms with Gasteiger partial charge in [0.25, 0.3) is 0 Å². The third-order valence-corrected chi connectivity index (χ3v) is 13.6. The number of hydrogen-bond donors (Lipinski definition) is 0. The van der Waals surface area contributed by atoms with Crippen LogP contribution in [0.4, 0.5) is 0 Å². The van der Waals surface area contributed by atoms with Crippen molar-refractivity contribution < 1.29 is 0 Å². The van der Waals surface area contributed by atoms with Crippen molar-refractivity contribution in [3.8, 4) is 0 Å². The van der Waals surface area contributed by atoms with Gasteiger partial charge in [0.05, 0.1) is 80.0 Å². The van der Waals surface area contributed by atoms with Crippen LogP contribution in [0.3, 0.4) is 0 Å². The molecule has 10 saturated heterocycles. The first kappa shape index (κ1) is 37.0. The summed E-state index contributed by atoms with van der Waals surface area (Å²) in [5.74, 6) is 0. The summed E-state index contributed by atoms with van der Waals surface area (Å²) < 4.78 is 0. The van der Waals surface area contributed by atoms with Crippen LogP contribution in [0.25, 0.3) is 0 Å². The predicted molar refractivity (Wildman–Crippen MR) is 205 cm³/mol. The van der Waals surface area contributed by atoms with Gasteiger partial charge in [-0.15, -0.1) is 0 Å². The Morgan fingerprint density at radius 2 is 0.173 bits per heavy atom. The van der Waals surface area contributed by atoms with Crippen LogP contribution < -0.4 is 0 Å². The van der Waals surface area contributed by atoms with E-state index in [4.69, 9.17) is 0 Å². The second-order valence-corrected chi connectivity index (χ2v) is 17.8. The largest absolute Gasteiger partial charge is 0.300 e. The van der Waals surface area contributed by atoms with E-state index in [9.17, 15) is 0 Å². The summed E-state index contributed by atoms with van der Waals surface area (Å²) in [6.45, 7) is 41.2. The molecule has 16 heteroatoms. The summed E-state index contributed by atoms with van der Waals surface area (Å²) >= 11 is 0. The first-order valence-corrected chi connectivity index (χ1v) is 21.2. The van der Waals surface area contributed by atoms with Crippen molar-refractivity contribution in [2.75, 3.05) is 237 Å². The molecule has 16 nitrogen and oxygen atoms in total. The average Bonchev–Trinajstić information content (AvgIpc) is 3.15. The van der Waals surface area contributed by atoms with Gasteiger partial charge in [0, 0.05) is 157 Å². The van der Waals surface area contributed by atoms with Gasteiger partial charge in [0.1, 0.15) is 0 Å². The Labute approximate surface area is 315 Å². The highest BCUT2D eigenvalue weighted by Gasteiger charge is 2.32. The SMILES string of the molecule is C1CN2CN3CCN4CCN5CN6CCN1CCN1CN7CCN(CCN(C2)C3)CCN2CN(CC4)CN(CCN(CCN(C6)C5)CCN(C1)C7)C2. The molecule has 0 aromatic rings. The Bertz CT molecular complexity index is 795. The van der Waals surface area contributed by atoms with Crippen LogP contribution in [0.15, 0.2) is 0 Å². The van der Waals surface area contributed by atoms with E-state index in [-0.39, 0.29) is 0 Å². The van der Waals surface area contributed by atoms with Gasteiger partial charge in [0.2, 0.25) is 0 Å². The quantitative estimate of drug-likeness (QED) is 0.247. The smallest absolute Gasteiger partial charge is 0.0531 e. The molecule has 0 atom stereocenters. The molecule has 296 valence electrons. The van der Waals surface area contributed by atoms with Crippen LogP contribution in [0.1, 0.15) is 0 Å². The number of hydrogen-bond acceptors (Lipinski definition) is 16. The number of fused-ring (bicyclic) bond motifs is 12. The monoisotopic (exact) mass is 729 g/mol. The molecule has 10 aliphatic heterocycles. The van der Waals surface area contributed by atoms with E-state index < -0.39 is 0 Å². The lowest BCUT2D eigenvalue weighted by Gasteiger charge is -2.48. The Morgan fingerprint density at radius 1 is 0.0962 bits per heavy atom. The zero-order valence-corrected chi connectivity index (χ0v) is 32.6. The molecule has 0 aliphatic carbocycles. The molecule has 52 heavy (non-hydrogen) atoms. The predicted octanol–water partition coefficient (Wildman–Crippen LogP) is -3.57. The maximum Gasteiger partial charge on any atom is 0.0531 e. The van der Waals surface area contributed by atoms with Crippen molar-refractivity contribution in [3.05, 3.63) is 0 Å². The van der Waals surface area contributed by atoms with Crippen LogP contribution in [0.5, 0.6) is 0 Å². The van der Waals surface area contributed by atoms with E-state index in [1.54, 1.807) is 0 Å². The Morgan fingerprint density at radius 3 is 0.269 bits per heavy atom. The van der Waals surface area contributed by atoms with Gasteiger partial charge in [-0.2, -0.15) is 0 Å². The second kappa shape index (κ2) is 17.7. The molecule has 0 N–H and O–H groups in total. The summed E-state index contributed by atoms with van der Waals surface area (Å²) in [7, 11) is 0. The minimum absolute atomic E-state index is 1.11. The summed E-state index contributed by atoms with van der Waals surface area (Å²) in [6.07, 6.45) is 0. The summed E-state index contributed by atoms with van der Waals surface area (Å²) in [6, 6.07) is 0. The molecule has 0 radical (unpaired) electrons. The fraction of sp³-hybridized carbons (Fsp3) is 1.00. The molecule has 10 heterocycles. The standard InChI is InChI=1S/C36H72N16/c1-13-41-25-44-16-4-38-6-18-46-27-42-14-2-37(1)3-15-43-28-47-19-7-39(5-17-45(26-41)31-44)11-23-51-34-50(22-10-38)35-52(36-51)24-12-40(8-20-48(29-42)32-46)9-21-49(30-43)33-47/h1-36H2. The highest BCUT2D eigenvalue weighted by atomic mass is 15.5. The van der Waals surface area contributed by atoms with Crippen molar-refractivity contribution in [2.24, 2.45) is 0 Å². The fourth-order valence-electron chi connectivity index (χ4n) is 10.4. The maximum atomic E-state index is 2.84. The van der Waals surface area contributed by atoms with Crippen molar-refractivity contribution in [1.82, 2.24) is 78.4 Å². The Hall–Kier alpha value is -0.640. The van der Waals surface area contributed by atoms with Crippen LogP contribution in [0.2, 0.25) is 0 Å². The summed E-state index contributed by atoms with van der Waals surface area (Å²) in [4.78, 5) is 44.8. The third kappa shape index (κ3) is 10.0. The molecule has 0 unspecified atom stereocenters. The van der Waals surface area contributed by atoms with Gasteiger partial charge in [-0.3, -0.25) is 78.4 Å². The topological polar surface area (TPSA) is 51.8 Å². The molecular formula is C36H72N16. The van der Waals surface area contributed by atoms with E-state index in [1.807, 2.05) is 0 Å². The van der Waals surface area contributed by atoms with E-state index in [0.717, 1.165) is 159 Å². The van der Waals surface area contributed by atoms with E-state index in [2.05, 4.69) is 78.4 Å². The lowest BCUT2D eigenvalue weighted by Crippen LogP contribution is -2.62. The zero-order chi connectivity index (χ0) is 34.7. The zero-order valence-electron chi connectivity index (χ0n) is 32.6. The van der Waals surface area contributed by atoms with Gasteiger partial charge in [-0.1, -0.05) is 0 Å². The summed E-state index contributed by atoms with van der Waals surface area (Å²) in [5, 5.41) is 0. The normalized spacial score (nSPS) is 49.8. The molecule has 10 rings (SSSR count). The second-order valence-electron chi connectivity index (χ2n) is 17.8. The third-order valence-electron chi connectivity index (χ3n) is 13.6. The Kier molecular flexibility index (Phi) is 12.6. The molecule has 0 aromatic carbocycles. The highest BCUT2D eigenvalue weighted by Crippen LogP contribution is 2.16. The van der Waals surface area contributed by atoms with Crippen LogP contribution in [-0.4, -0.2) is 315 Å². The minimum atomic E-state index is 1.11. The van der Waals surface area contributed by atoms with E-state index in [0.29, 0.717) is 0 Å². The highest BCUT2D eigenvalue weighted by molar-refractivity contribution is 4.83. The molecular weight excluding hydrogens is 657 g/mol. The molecule has 0 saturated carbocycles. The summed E-state index contributed by atoms with van der Waals surface area (Å²) in [5.41, 5.74) is 0. The number of rotatable bonds is 0. The maximum absolute atomic E-state index is 2.84. The molecule has 10 aliphatic rings. The first-order valence-electron chi connectivity index (χ1n) is 21.2. The Balaban J connectivity index is 1.10. The van der Waals surface area contributed by atoms with Gasteiger partial charge >= 0.3 is 0 Å². The van der Waals surface area contributed by atoms with Gasteiger partial charge < -0.3 is 0 Å². The van der Waals surface area contributed by atoms with Crippen molar-refractivity contribution in [3.63, 3.8) is 0 Å². The lowest BCUT2D eigenvalue weighted by atomic mass is 10.3. The molecule has 0 aromatic heterocycles. The molecule has 10 fully saturated rings. The first-order chi connectivity index (χ1) is 25.6. The lowest BCUT2D eigenvalue weighted by molar-refractivity contribution is -0.0697. The van der Waals surface area contributed by atoms with Crippen molar-refractivity contribution in [1.29, 1.82) is 0 Å². The van der Waals surface area contributed by atoms with Crippen molar-refractivity contribution in [2.45, 2.75) is 0 Å².